The molecular weight excluding hydrogens is 735 g/mol. The third-order valence-electron chi connectivity index (χ3n) is 10.4. The molecule has 2 aliphatic carbocycles. The van der Waals surface area contributed by atoms with E-state index in [-0.39, 0.29) is 38.2 Å². The normalized spacial score (nSPS) is 28.4. The molecule has 0 aliphatic heterocycles. The Balaban J connectivity index is 2.66. The lowest BCUT2D eigenvalue weighted by atomic mass is 9.07. The van der Waals surface area contributed by atoms with E-state index in [4.69, 9.17) is 0 Å². The number of alkyl halides is 3. The standard InChI is InChI=1S/C35H24BF16/c1-8-12-18(37)23(42)15(24(43)19(12)38)36(16-25(44)20(39)13(9-2)21(40)26(16)45,17-27(46)31(49)33(5,11-4)32(50)28(17)47)30-29(48)22(41)14(10-3)34(6,51)35(30,7)52/h8-11,14,30-31H,1-4H2,5-7H3/q-1. The highest BCUT2D eigenvalue weighted by Gasteiger charge is 2.68. The van der Waals surface area contributed by atoms with Crippen molar-refractivity contribution < 1.29 is 70.2 Å². The third kappa shape index (κ3) is 4.78. The summed E-state index contributed by atoms with van der Waals surface area (Å²) in [4.78, 5) is 0. The van der Waals surface area contributed by atoms with Gasteiger partial charge in [0.05, 0.1) is 22.5 Å². The van der Waals surface area contributed by atoms with E-state index in [0.717, 1.165) is 0 Å². The van der Waals surface area contributed by atoms with Crippen molar-refractivity contribution in [1.82, 2.24) is 0 Å². The van der Waals surface area contributed by atoms with E-state index in [1.165, 1.54) is 0 Å². The molecule has 2 aromatic carbocycles. The average molecular weight is 759 g/mol. The van der Waals surface area contributed by atoms with Gasteiger partial charge >= 0.3 is 0 Å². The Bertz CT molecular complexity index is 1920. The molecule has 280 valence electrons. The molecule has 2 aliphatic rings. The molecule has 52 heavy (non-hydrogen) atoms. The van der Waals surface area contributed by atoms with E-state index in [2.05, 4.69) is 26.3 Å². The topological polar surface area (TPSA) is 0 Å². The Morgan fingerprint density at radius 1 is 0.558 bits per heavy atom. The minimum Gasteiger partial charge on any atom is -0.243 e. The van der Waals surface area contributed by atoms with Crippen LogP contribution in [-0.2, 0) is 0 Å². The first-order chi connectivity index (χ1) is 23.9. The summed E-state index contributed by atoms with van der Waals surface area (Å²) in [6, 6.07) is 0. The summed E-state index contributed by atoms with van der Waals surface area (Å²) >= 11 is 0. The minimum absolute atomic E-state index is 0.0513. The fraction of sp³-hybridized carbons (Fsp3) is 0.257. The monoisotopic (exact) mass is 759 g/mol. The first-order valence-corrected chi connectivity index (χ1v) is 14.8. The fourth-order valence-electron chi connectivity index (χ4n) is 7.40. The van der Waals surface area contributed by atoms with Gasteiger partial charge in [0.2, 0.25) is 0 Å². The average Bonchev–Trinajstić information content (AvgIpc) is 3.08. The second kappa shape index (κ2) is 12.9. The van der Waals surface area contributed by atoms with Gasteiger partial charge in [-0.1, -0.05) is 43.3 Å². The van der Waals surface area contributed by atoms with Crippen molar-refractivity contribution in [2.75, 3.05) is 0 Å². The van der Waals surface area contributed by atoms with Crippen molar-refractivity contribution in [3.05, 3.63) is 131 Å². The molecule has 0 nitrogen and oxygen atoms in total. The van der Waals surface area contributed by atoms with E-state index in [0.29, 0.717) is 6.92 Å². The molecule has 0 saturated heterocycles. The van der Waals surface area contributed by atoms with Gasteiger partial charge in [-0.05, 0) is 20.8 Å². The lowest BCUT2D eigenvalue weighted by Crippen LogP contribution is -2.75. The first-order valence-electron chi connectivity index (χ1n) is 14.8. The number of rotatable bonds is 8. The van der Waals surface area contributed by atoms with Crippen LogP contribution in [0.3, 0.4) is 0 Å². The number of halogens is 16. The van der Waals surface area contributed by atoms with Crippen molar-refractivity contribution in [3.8, 4) is 0 Å². The summed E-state index contributed by atoms with van der Waals surface area (Å²) in [5, 5.41) is 0. The second-order valence-corrected chi connectivity index (χ2v) is 12.8. The fourth-order valence-corrected chi connectivity index (χ4v) is 7.40. The molecule has 6 unspecified atom stereocenters. The van der Waals surface area contributed by atoms with Crippen molar-refractivity contribution in [2.24, 2.45) is 11.3 Å². The molecule has 0 bridgehead atoms. The van der Waals surface area contributed by atoms with Gasteiger partial charge in [0.15, 0.2) is 35.1 Å². The zero-order valence-electron chi connectivity index (χ0n) is 27.0. The van der Waals surface area contributed by atoms with Crippen molar-refractivity contribution in [2.45, 2.75) is 44.1 Å². The third-order valence-corrected chi connectivity index (χ3v) is 10.4. The van der Waals surface area contributed by atoms with Crippen LogP contribution >= 0.6 is 0 Å². The number of benzene rings is 2. The molecule has 2 aromatic rings. The van der Waals surface area contributed by atoms with Gasteiger partial charge in [0.1, 0.15) is 64.2 Å². The summed E-state index contributed by atoms with van der Waals surface area (Å²) in [6.07, 6.45) is -9.95. The molecule has 0 heterocycles. The van der Waals surface area contributed by atoms with E-state index in [1.54, 1.807) is 0 Å². The Hall–Kier alpha value is -4.44. The smallest absolute Gasteiger partial charge is 0.165 e. The molecule has 17 heteroatoms. The van der Waals surface area contributed by atoms with Crippen molar-refractivity contribution in [1.29, 1.82) is 0 Å². The summed E-state index contributed by atoms with van der Waals surface area (Å²) < 4.78 is 260. The highest BCUT2D eigenvalue weighted by Crippen LogP contribution is 2.62. The predicted molar refractivity (Wildman–Crippen MR) is 164 cm³/mol. The zero-order chi connectivity index (χ0) is 40.0. The van der Waals surface area contributed by atoms with Crippen LogP contribution in [0.4, 0.5) is 70.2 Å². The van der Waals surface area contributed by atoms with Gasteiger partial charge in [0, 0.05) is 0 Å². The molecule has 0 spiro atoms. The van der Waals surface area contributed by atoms with Crippen LogP contribution in [0.25, 0.3) is 12.2 Å². The SMILES string of the molecule is C=Cc1c(F)c(F)c([B-](C2=C(F)C(F)C(C)(C=C)C(F)=C2F)(c2c(F)c(F)c(C=C)c(F)c2F)C2C(F)=C(F)C(C=C)C(C)(F)C2(C)F)c(F)c1F. The number of hydrogen-bond acceptors (Lipinski definition) is 0. The maximum atomic E-state index is 17.4. The van der Waals surface area contributed by atoms with Crippen molar-refractivity contribution in [3.63, 3.8) is 0 Å². The van der Waals surface area contributed by atoms with Crippen LogP contribution in [0, 0.1) is 57.9 Å². The molecule has 0 saturated carbocycles. The van der Waals surface area contributed by atoms with Gasteiger partial charge in [0.25, 0.3) is 0 Å². The number of allylic oxidation sites excluding steroid dienone is 8. The minimum atomic E-state index is -6.64. The quantitative estimate of drug-likeness (QED) is 0.109. The van der Waals surface area contributed by atoms with Crippen molar-refractivity contribution >= 4 is 29.2 Å². The number of hydrogen-bond donors (Lipinski definition) is 0. The highest BCUT2D eigenvalue weighted by atomic mass is 19.2. The van der Waals surface area contributed by atoms with Gasteiger partial charge in [-0.3, -0.25) is 0 Å². The maximum Gasteiger partial charge on any atom is 0.165 e. The molecule has 0 aromatic heterocycles. The Kier molecular flexibility index (Phi) is 10.0. The lowest BCUT2D eigenvalue weighted by molar-refractivity contribution is -0.0558. The lowest BCUT2D eigenvalue weighted by Gasteiger charge is -2.59. The summed E-state index contributed by atoms with van der Waals surface area (Å²) in [7, 11) is 0. The van der Waals surface area contributed by atoms with Crippen LogP contribution in [-0.4, -0.2) is 23.7 Å². The van der Waals surface area contributed by atoms with Crippen LogP contribution in [0.15, 0.2) is 73.1 Å². The van der Waals surface area contributed by atoms with E-state index in [9.17, 15) is 0 Å². The Morgan fingerprint density at radius 2 is 0.942 bits per heavy atom. The summed E-state index contributed by atoms with van der Waals surface area (Å²) in [5.41, 5.74) is -24.6. The van der Waals surface area contributed by atoms with Gasteiger partial charge in [-0.2, -0.15) is 0 Å². The van der Waals surface area contributed by atoms with E-state index >= 15 is 70.2 Å². The van der Waals surface area contributed by atoms with E-state index in [1.807, 2.05) is 0 Å². The molecule has 0 amide bonds. The molecule has 6 atom stereocenters. The molecule has 0 radical (unpaired) electrons. The second-order valence-electron chi connectivity index (χ2n) is 12.8. The largest absolute Gasteiger partial charge is 0.243 e. The Morgan fingerprint density at radius 3 is 1.27 bits per heavy atom. The van der Waals surface area contributed by atoms with Crippen LogP contribution in [0.5, 0.6) is 0 Å². The highest BCUT2D eigenvalue weighted by molar-refractivity contribution is 7.09. The van der Waals surface area contributed by atoms with Crippen LogP contribution < -0.4 is 10.9 Å². The zero-order valence-corrected chi connectivity index (χ0v) is 27.0. The molecule has 0 fully saturated rings. The molecular formula is C35H24BF16-. The van der Waals surface area contributed by atoms with E-state index < -0.39 is 144 Å². The molecule has 0 N–H and O–H groups in total. The van der Waals surface area contributed by atoms with Gasteiger partial charge < -0.3 is 0 Å². The molecule has 4 rings (SSSR count). The van der Waals surface area contributed by atoms with Crippen LogP contribution in [0.1, 0.15) is 31.9 Å². The van der Waals surface area contributed by atoms with Gasteiger partial charge in [-0.15, -0.1) is 29.6 Å². The Labute approximate surface area is 285 Å². The summed E-state index contributed by atoms with van der Waals surface area (Å²) in [5.74, 6) is -44.9. The summed E-state index contributed by atoms with van der Waals surface area (Å²) in [6.45, 7) is 12.0. The van der Waals surface area contributed by atoms with Gasteiger partial charge in [-0.25, -0.2) is 70.2 Å². The maximum absolute atomic E-state index is 17.4. The first kappa shape index (κ1) is 40.3. The predicted octanol–water partition coefficient (Wildman–Crippen LogP) is 10.9. The van der Waals surface area contributed by atoms with Crippen LogP contribution in [0.2, 0.25) is 5.82 Å².